The number of rotatable bonds is 3. The second kappa shape index (κ2) is 3.64. The molecule has 2 heterocycles. The molecule has 0 aliphatic heterocycles. The van der Waals surface area contributed by atoms with Crippen LogP contribution in [0.5, 0.6) is 0 Å². The van der Waals surface area contributed by atoms with Gasteiger partial charge in [-0.05, 0) is 25.0 Å². The number of aromatic nitrogens is 2. The molecule has 16 heavy (non-hydrogen) atoms. The highest BCUT2D eigenvalue weighted by atomic mass is 32.1. The van der Waals surface area contributed by atoms with Crippen LogP contribution in [0.4, 0.5) is 0 Å². The van der Waals surface area contributed by atoms with Crippen molar-refractivity contribution in [2.45, 2.75) is 24.8 Å². The molecule has 1 aliphatic carbocycles. The van der Waals surface area contributed by atoms with E-state index in [0.29, 0.717) is 0 Å². The van der Waals surface area contributed by atoms with Gasteiger partial charge in [0.25, 0.3) is 0 Å². The summed E-state index contributed by atoms with van der Waals surface area (Å²) in [6.45, 7) is 0. The van der Waals surface area contributed by atoms with Crippen molar-refractivity contribution in [1.82, 2.24) is 9.97 Å². The first-order valence-corrected chi connectivity index (χ1v) is 6.28. The van der Waals surface area contributed by atoms with Crippen molar-refractivity contribution in [3.63, 3.8) is 0 Å². The lowest BCUT2D eigenvalue weighted by Gasteiger charge is -2.03. The van der Waals surface area contributed by atoms with E-state index in [1.807, 2.05) is 18.2 Å². The Balaban J connectivity index is 1.82. The molecule has 0 spiro atoms. The van der Waals surface area contributed by atoms with Gasteiger partial charge in [-0.15, -0.1) is 11.3 Å². The van der Waals surface area contributed by atoms with Gasteiger partial charge in [0.05, 0.1) is 16.4 Å². The molecular formula is C12H13N3S. The fourth-order valence-electron chi connectivity index (χ4n) is 1.66. The Hall–Kier alpha value is -1.26. The van der Waals surface area contributed by atoms with Crippen LogP contribution in [0.25, 0.3) is 11.4 Å². The van der Waals surface area contributed by atoms with E-state index in [-0.39, 0.29) is 5.54 Å². The second-order valence-corrected chi connectivity index (χ2v) is 5.32. The summed E-state index contributed by atoms with van der Waals surface area (Å²) in [6, 6.07) is 5.87. The Morgan fingerprint density at radius 3 is 2.88 bits per heavy atom. The predicted molar refractivity (Wildman–Crippen MR) is 65.2 cm³/mol. The lowest BCUT2D eigenvalue weighted by Crippen LogP contribution is -2.24. The van der Waals surface area contributed by atoms with Crippen LogP contribution in [0.2, 0.25) is 0 Å². The van der Waals surface area contributed by atoms with Gasteiger partial charge >= 0.3 is 0 Å². The van der Waals surface area contributed by atoms with Gasteiger partial charge in [-0.2, -0.15) is 0 Å². The van der Waals surface area contributed by atoms with Crippen LogP contribution in [-0.2, 0) is 6.42 Å². The van der Waals surface area contributed by atoms with E-state index < -0.39 is 0 Å². The van der Waals surface area contributed by atoms with E-state index in [1.165, 1.54) is 0 Å². The minimum Gasteiger partial charge on any atom is -0.325 e. The fourth-order valence-corrected chi connectivity index (χ4v) is 2.61. The van der Waals surface area contributed by atoms with E-state index in [1.54, 1.807) is 17.5 Å². The van der Waals surface area contributed by atoms with Gasteiger partial charge in [0.2, 0.25) is 0 Å². The molecule has 3 nitrogen and oxygen atoms in total. The lowest BCUT2D eigenvalue weighted by atomic mass is 10.2. The summed E-state index contributed by atoms with van der Waals surface area (Å²) < 4.78 is 0. The van der Waals surface area contributed by atoms with Crippen LogP contribution in [0.3, 0.4) is 0 Å². The molecule has 0 radical (unpaired) electrons. The van der Waals surface area contributed by atoms with E-state index in [4.69, 9.17) is 5.73 Å². The van der Waals surface area contributed by atoms with E-state index in [0.717, 1.165) is 35.7 Å². The minimum atomic E-state index is 0.0409. The SMILES string of the molecule is NC1(Cc2nc(-c3ccccn3)cs2)CC1. The number of hydrogen-bond acceptors (Lipinski definition) is 4. The number of nitrogens with two attached hydrogens (primary N) is 1. The maximum Gasteiger partial charge on any atom is 0.0998 e. The predicted octanol–water partition coefficient (Wildman–Crippen LogP) is 2.24. The Morgan fingerprint density at radius 1 is 1.31 bits per heavy atom. The number of hydrogen-bond donors (Lipinski definition) is 1. The topological polar surface area (TPSA) is 51.8 Å². The zero-order chi connectivity index (χ0) is 11.0. The maximum atomic E-state index is 6.08. The molecule has 0 unspecified atom stereocenters. The van der Waals surface area contributed by atoms with Crippen molar-refractivity contribution in [3.8, 4) is 11.4 Å². The van der Waals surface area contributed by atoms with Gasteiger partial charge in [0, 0.05) is 23.5 Å². The third kappa shape index (κ3) is 1.99. The quantitative estimate of drug-likeness (QED) is 0.881. The number of thiazole rings is 1. The maximum absolute atomic E-state index is 6.08. The molecular weight excluding hydrogens is 218 g/mol. The zero-order valence-electron chi connectivity index (χ0n) is 8.89. The Labute approximate surface area is 98.4 Å². The lowest BCUT2D eigenvalue weighted by molar-refractivity contribution is 0.669. The van der Waals surface area contributed by atoms with E-state index >= 15 is 0 Å². The van der Waals surface area contributed by atoms with Crippen LogP contribution in [0.15, 0.2) is 29.8 Å². The average molecular weight is 231 g/mol. The molecule has 1 aliphatic rings. The molecule has 2 aromatic rings. The van der Waals surface area contributed by atoms with Gasteiger partial charge in [-0.3, -0.25) is 4.98 Å². The Kier molecular flexibility index (Phi) is 2.26. The molecule has 1 saturated carbocycles. The summed E-state index contributed by atoms with van der Waals surface area (Å²) in [5.41, 5.74) is 8.02. The first-order chi connectivity index (χ1) is 7.75. The fraction of sp³-hybridized carbons (Fsp3) is 0.333. The Morgan fingerprint density at radius 2 is 2.19 bits per heavy atom. The molecule has 0 saturated heterocycles. The summed E-state index contributed by atoms with van der Waals surface area (Å²) >= 11 is 1.68. The third-order valence-electron chi connectivity index (χ3n) is 2.87. The molecule has 0 aromatic carbocycles. The van der Waals surface area contributed by atoms with E-state index in [2.05, 4.69) is 15.3 Å². The highest BCUT2D eigenvalue weighted by Crippen LogP contribution is 2.36. The molecule has 0 atom stereocenters. The van der Waals surface area contributed by atoms with Gasteiger partial charge in [0.1, 0.15) is 0 Å². The molecule has 4 heteroatoms. The summed E-state index contributed by atoms with van der Waals surface area (Å²) in [5, 5.41) is 3.18. The van der Waals surface area contributed by atoms with Crippen LogP contribution < -0.4 is 5.73 Å². The van der Waals surface area contributed by atoms with Crippen LogP contribution >= 0.6 is 11.3 Å². The smallest absolute Gasteiger partial charge is 0.0998 e. The van der Waals surface area contributed by atoms with Crippen molar-refractivity contribution in [1.29, 1.82) is 0 Å². The molecule has 3 rings (SSSR count). The first kappa shape index (κ1) is 9.93. The average Bonchev–Trinajstić information content (AvgIpc) is 2.86. The summed E-state index contributed by atoms with van der Waals surface area (Å²) in [4.78, 5) is 8.87. The highest BCUT2D eigenvalue weighted by molar-refractivity contribution is 7.09. The molecule has 2 aromatic heterocycles. The Bertz CT molecular complexity index is 488. The van der Waals surface area contributed by atoms with Crippen molar-refractivity contribution in [2.75, 3.05) is 0 Å². The molecule has 2 N–H and O–H groups in total. The molecule has 0 amide bonds. The van der Waals surface area contributed by atoms with Gasteiger partial charge in [0.15, 0.2) is 0 Å². The molecule has 1 fully saturated rings. The van der Waals surface area contributed by atoms with Crippen LogP contribution in [0, 0.1) is 0 Å². The van der Waals surface area contributed by atoms with Gasteiger partial charge in [-0.1, -0.05) is 6.07 Å². The van der Waals surface area contributed by atoms with Gasteiger partial charge < -0.3 is 5.73 Å². The van der Waals surface area contributed by atoms with Crippen molar-refractivity contribution in [2.24, 2.45) is 5.73 Å². The third-order valence-corrected chi connectivity index (χ3v) is 3.72. The van der Waals surface area contributed by atoms with Crippen molar-refractivity contribution < 1.29 is 0 Å². The van der Waals surface area contributed by atoms with E-state index in [9.17, 15) is 0 Å². The standard InChI is InChI=1S/C12H13N3S/c13-12(4-5-12)7-11-15-10(8-16-11)9-3-1-2-6-14-9/h1-3,6,8H,4-5,7,13H2. The molecule has 0 bridgehead atoms. The normalized spacial score (nSPS) is 17.3. The number of nitrogens with zero attached hydrogens (tertiary/aromatic N) is 2. The van der Waals surface area contributed by atoms with Crippen LogP contribution in [0.1, 0.15) is 17.8 Å². The summed E-state index contributed by atoms with van der Waals surface area (Å²) in [6.07, 6.45) is 4.96. The largest absolute Gasteiger partial charge is 0.325 e. The van der Waals surface area contributed by atoms with Crippen molar-refractivity contribution >= 4 is 11.3 Å². The zero-order valence-corrected chi connectivity index (χ0v) is 9.70. The summed E-state index contributed by atoms with van der Waals surface area (Å²) in [5.74, 6) is 0. The van der Waals surface area contributed by atoms with Gasteiger partial charge in [-0.25, -0.2) is 4.98 Å². The molecule has 82 valence electrons. The monoisotopic (exact) mass is 231 g/mol. The van der Waals surface area contributed by atoms with Crippen molar-refractivity contribution in [3.05, 3.63) is 34.8 Å². The minimum absolute atomic E-state index is 0.0409. The second-order valence-electron chi connectivity index (χ2n) is 4.38. The first-order valence-electron chi connectivity index (χ1n) is 5.40. The van der Waals surface area contributed by atoms with Crippen LogP contribution in [-0.4, -0.2) is 15.5 Å². The highest BCUT2D eigenvalue weighted by Gasteiger charge is 2.38. The number of pyridine rings is 1. The summed E-state index contributed by atoms with van der Waals surface area (Å²) in [7, 11) is 0.